The van der Waals surface area contributed by atoms with Crippen molar-refractivity contribution in [2.45, 2.75) is 0 Å². The highest BCUT2D eigenvalue weighted by Gasteiger charge is 2.15. The molecule has 0 bridgehead atoms. The first-order valence-corrected chi connectivity index (χ1v) is 9.15. The number of fused-ring (bicyclic) bond motifs is 1. The highest BCUT2D eigenvalue weighted by molar-refractivity contribution is 7.11. The Balaban J connectivity index is 1.74. The lowest BCUT2D eigenvalue weighted by Crippen LogP contribution is -2.18. The predicted molar refractivity (Wildman–Crippen MR) is 108 cm³/mol. The SMILES string of the molecule is O=C(N/N=C/c1cccs1)c1cc(-c2ccccc2O)nc2ccccc12. The molecule has 0 atom stereocenters. The number of amides is 1. The van der Waals surface area contributed by atoms with Crippen LogP contribution in [0.2, 0.25) is 0 Å². The number of rotatable bonds is 4. The molecule has 0 saturated heterocycles. The Morgan fingerprint density at radius 2 is 1.89 bits per heavy atom. The predicted octanol–water partition coefficient (Wildman–Crippen LogP) is 4.43. The van der Waals surface area contributed by atoms with Crippen molar-refractivity contribution in [3.8, 4) is 17.0 Å². The van der Waals surface area contributed by atoms with Crippen LogP contribution >= 0.6 is 11.3 Å². The second-order valence-electron chi connectivity index (χ2n) is 5.80. The van der Waals surface area contributed by atoms with E-state index in [1.165, 1.54) is 11.3 Å². The maximum atomic E-state index is 12.7. The zero-order valence-electron chi connectivity index (χ0n) is 14.2. The van der Waals surface area contributed by atoms with Crippen molar-refractivity contribution in [3.63, 3.8) is 0 Å². The van der Waals surface area contributed by atoms with Crippen LogP contribution in [0.4, 0.5) is 0 Å². The number of benzene rings is 2. The molecule has 2 aromatic heterocycles. The van der Waals surface area contributed by atoms with E-state index in [0.29, 0.717) is 22.3 Å². The maximum absolute atomic E-state index is 12.7. The number of hydrazone groups is 1. The van der Waals surface area contributed by atoms with Gasteiger partial charge in [0.2, 0.25) is 0 Å². The molecule has 0 fully saturated rings. The fourth-order valence-electron chi connectivity index (χ4n) is 2.77. The number of nitrogens with one attached hydrogen (secondary N) is 1. The van der Waals surface area contributed by atoms with Crippen LogP contribution in [0.25, 0.3) is 22.2 Å². The van der Waals surface area contributed by atoms with Gasteiger partial charge in [-0.15, -0.1) is 11.3 Å². The summed E-state index contributed by atoms with van der Waals surface area (Å²) in [5.41, 5.74) is 4.78. The number of aromatic nitrogens is 1. The van der Waals surface area contributed by atoms with Gasteiger partial charge in [-0.1, -0.05) is 36.4 Å². The molecular formula is C21H15N3O2S. The van der Waals surface area contributed by atoms with Crippen molar-refractivity contribution in [1.29, 1.82) is 0 Å². The third kappa shape index (κ3) is 3.56. The van der Waals surface area contributed by atoms with Gasteiger partial charge in [0.15, 0.2) is 0 Å². The molecule has 0 aliphatic rings. The molecule has 5 nitrogen and oxygen atoms in total. The number of hydrogen-bond donors (Lipinski definition) is 2. The van der Waals surface area contributed by atoms with Crippen LogP contribution < -0.4 is 5.43 Å². The molecule has 0 aliphatic carbocycles. The third-order valence-electron chi connectivity index (χ3n) is 4.04. The fraction of sp³-hybridized carbons (Fsp3) is 0. The number of pyridine rings is 1. The normalized spacial score (nSPS) is 11.1. The first-order chi connectivity index (χ1) is 13.2. The second kappa shape index (κ2) is 7.39. The van der Waals surface area contributed by atoms with Gasteiger partial charge in [0, 0.05) is 15.8 Å². The van der Waals surface area contributed by atoms with Crippen molar-refractivity contribution in [2.75, 3.05) is 0 Å². The Morgan fingerprint density at radius 1 is 1.07 bits per heavy atom. The molecule has 4 aromatic rings. The monoisotopic (exact) mass is 373 g/mol. The molecule has 1 amide bonds. The largest absolute Gasteiger partial charge is 0.507 e. The number of hydrogen-bond acceptors (Lipinski definition) is 5. The molecule has 0 saturated carbocycles. The van der Waals surface area contributed by atoms with Crippen LogP contribution in [0, 0.1) is 0 Å². The lowest BCUT2D eigenvalue weighted by molar-refractivity contribution is 0.0956. The fourth-order valence-corrected chi connectivity index (χ4v) is 3.36. The zero-order valence-corrected chi connectivity index (χ0v) is 15.0. The van der Waals surface area contributed by atoms with Crippen LogP contribution in [-0.2, 0) is 0 Å². The standard InChI is InChI=1S/C21H15N3O2S/c25-20-10-4-2-8-16(20)19-12-17(15-7-1-3-9-18(15)23-19)21(26)24-22-13-14-6-5-11-27-14/h1-13,25H,(H,24,26)/b22-13+. The number of carbonyl (C=O) groups is 1. The van der Waals surface area contributed by atoms with E-state index in [9.17, 15) is 9.90 Å². The first kappa shape index (κ1) is 16.9. The van der Waals surface area contributed by atoms with Crippen molar-refractivity contribution in [3.05, 3.63) is 82.6 Å². The summed E-state index contributed by atoms with van der Waals surface area (Å²) in [5.74, 6) is -0.222. The summed E-state index contributed by atoms with van der Waals surface area (Å²) in [6.45, 7) is 0. The molecule has 132 valence electrons. The summed E-state index contributed by atoms with van der Waals surface area (Å²) in [4.78, 5) is 18.3. The Bertz CT molecular complexity index is 1140. The second-order valence-corrected chi connectivity index (χ2v) is 6.78. The Kier molecular flexibility index (Phi) is 4.63. The Morgan fingerprint density at radius 3 is 2.70 bits per heavy atom. The minimum atomic E-state index is -0.335. The van der Waals surface area contributed by atoms with Crippen molar-refractivity contribution in [1.82, 2.24) is 10.4 Å². The van der Waals surface area contributed by atoms with Gasteiger partial charge in [0.1, 0.15) is 5.75 Å². The van der Waals surface area contributed by atoms with E-state index in [-0.39, 0.29) is 11.7 Å². The smallest absolute Gasteiger partial charge is 0.272 e. The molecule has 4 rings (SSSR count). The van der Waals surface area contributed by atoms with Crippen LogP contribution in [0.15, 0.2) is 77.2 Å². The summed E-state index contributed by atoms with van der Waals surface area (Å²) < 4.78 is 0. The average Bonchev–Trinajstić information content (AvgIpc) is 3.21. The van der Waals surface area contributed by atoms with Crippen molar-refractivity contribution >= 4 is 34.4 Å². The quantitative estimate of drug-likeness (QED) is 0.410. The Labute approximate surface area is 159 Å². The van der Waals surface area contributed by atoms with E-state index in [0.717, 1.165) is 10.3 Å². The van der Waals surface area contributed by atoms with Crippen LogP contribution in [0.3, 0.4) is 0 Å². The van der Waals surface area contributed by atoms with Crippen LogP contribution in [0.1, 0.15) is 15.2 Å². The van der Waals surface area contributed by atoms with Gasteiger partial charge in [-0.2, -0.15) is 5.10 Å². The summed E-state index contributed by atoms with van der Waals surface area (Å²) >= 11 is 1.54. The molecule has 2 heterocycles. The molecule has 0 spiro atoms. The number of aromatic hydroxyl groups is 1. The van der Waals surface area contributed by atoms with E-state index in [4.69, 9.17) is 0 Å². The summed E-state index contributed by atoms with van der Waals surface area (Å²) in [6.07, 6.45) is 1.61. The summed E-state index contributed by atoms with van der Waals surface area (Å²) in [5, 5.41) is 16.8. The number of para-hydroxylation sites is 2. The van der Waals surface area contributed by atoms with Crippen LogP contribution in [0.5, 0.6) is 5.75 Å². The lowest BCUT2D eigenvalue weighted by atomic mass is 10.0. The Hall–Kier alpha value is -3.51. The molecule has 0 unspecified atom stereocenters. The summed E-state index contributed by atoms with van der Waals surface area (Å²) in [6, 6.07) is 19.8. The number of phenolic OH excluding ortho intramolecular Hbond substituents is 1. The highest BCUT2D eigenvalue weighted by atomic mass is 32.1. The number of carbonyl (C=O) groups excluding carboxylic acids is 1. The minimum Gasteiger partial charge on any atom is -0.507 e. The lowest BCUT2D eigenvalue weighted by Gasteiger charge is -2.10. The average molecular weight is 373 g/mol. The van der Waals surface area contributed by atoms with Crippen molar-refractivity contribution < 1.29 is 9.90 Å². The number of phenols is 1. The summed E-state index contributed by atoms with van der Waals surface area (Å²) in [7, 11) is 0. The van der Waals surface area contributed by atoms with Gasteiger partial charge in [-0.05, 0) is 35.7 Å². The highest BCUT2D eigenvalue weighted by Crippen LogP contribution is 2.30. The van der Waals surface area contributed by atoms with Gasteiger partial charge in [-0.25, -0.2) is 10.4 Å². The van der Waals surface area contributed by atoms with Gasteiger partial charge >= 0.3 is 0 Å². The topological polar surface area (TPSA) is 74.6 Å². The number of nitrogens with zero attached hydrogens (tertiary/aromatic N) is 2. The van der Waals surface area contributed by atoms with E-state index in [2.05, 4.69) is 15.5 Å². The van der Waals surface area contributed by atoms with E-state index < -0.39 is 0 Å². The molecule has 2 aromatic carbocycles. The molecular weight excluding hydrogens is 358 g/mol. The van der Waals surface area contributed by atoms with E-state index in [1.54, 1.807) is 30.5 Å². The zero-order chi connectivity index (χ0) is 18.6. The van der Waals surface area contributed by atoms with Gasteiger partial charge in [0.25, 0.3) is 5.91 Å². The van der Waals surface area contributed by atoms with Crippen LogP contribution in [-0.4, -0.2) is 22.2 Å². The molecule has 27 heavy (non-hydrogen) atoms. The van der Waals surface area contributed by atoms with Gasteiger partial charge in [0.05, 0.1) is 23.0 Å². The van der Waals surface area contributed by atoms with Gasteiger partial charge in [-0.3, -0.25) is 4.79 Å². The molecule has 0 radical (unpaired) electrons. The van der Waals surface area contributed by atoms with Gasteiger partial charge < -0.3 is 5.11 Å². The molecule has 0 aliphatic heterocycles. The maximum Gasteiger partial charge on any atom is 0.272 e. The van der Waals surface area contributed by atoms with E-state index >= 15 is 0 Å². The first-order valence-electron chi connectivity index (χ1n) is 8.27. The minimum absolute atomic E-state index is 0.113. The van der Waals surface area contributed by atoms with E-state index in [1.807, 2.05) is 47.8 Å². The molecule has 2 N–H and O–H groups in total. The molecule has 6 heteroatoms. The number of thiophene rings is 1. The van der Waals surface area contributed by atoms with Crippen molar-refractivity contribution in [2.24, 2.45) is 5.10 Å². The third-order valence-corrected chi connectivity index (χ3v) is 4.85.